The lowest BCUT2D eigenvalue weighted by atomic mass is 9.89. The van der Waals surface area contributed by atoms with Crippen LogP contribution in [0.25, 0.3) is 10.9 Å². The Balaban J connectivity index is 1.86. The molecule has 4 rings (SSSR count). The number of fused-ring (bicyclic) bond motifs is 2. The van der Waals surface area contributed by atoms with Crippen molar-refractivity contribution in [3.63, 3.8) is 0 Å². The maximum absolute atomic E-state index is 11.2. The number of rotatable bonds is 4. The molecule has 2 aromatic carbocycles. The van der Waals surface area contributed by atoms with Crippen LogP contribution in [0.4, 0.5) is 0 Å². The van der Waals surface area contributed by atoms with Gasteiger partial charge in [-0.05, 0) is 35.4 Å². The SMILES string of the molecule is Cn1cc(C(c2ccc3c(c2)OCO3)C(N)O)c2ccc(C(=O)O)cc21. The number of nitrogens with two attached hydrogens (primary N) is 1. The van der Waals surface area contributed by atoms with Gasteiger partial charge in [0.25, 0.3) is 0 Å². The monoisotopic (exact) mass is 354 g/mol. The number of carboxylic acids is 1. The quantitative estimate of drug-likeness (QED) is 0.619. The highest BCUT2D eigenvalue weighted by Gasteiger charge is 2.26. The van der Waals surface area contributed by atoms with E-state index in [1.165, 1.54) is 0 Å². The fraction of sp³-hybridized carbons (Fsp3) is 0.211. The number of aliphatic hydroxyl groups excluding tert-OH is 1. The summed E-state index contributed by atoms with van der Waals surface area (Å²) in [5, 5.41) is 20.3. The molecule has 134 valence electrons. The second kappa shape index (κ2) is 6.05. The molecule has 0 bridgehead atoms. The molecule has 26 heavy (non-hydrogen) atoms. The van der Waals surface area contributed by atoms with Crippen molar-refractivity contribution in [1.82, 2.24) is 4.57 Å². The Morgan fingerprint density at radius 3 is 2.69 bits per heavy atom. The van der Waals surface area contributed by atoms with Crippen LogP contribution in [-0.2, 0) is 7.05 Å². The van der Waals surface area contributed by atoms with Crippen LogP contribution in [0.5, 0.6) is 11.5 Å². The van der Waals surface area contributed by atoms with Gasteiger partial charge in [-0.3, -0.25) is 0 Å². The molecule has 7 nitrogen and oxygen atoms in total. The van der Waals surface area contributed by atoms with Gasteiger partial charge in [0.1, 0.15) is 6.23 Å². The van der Waals surface area contributed by atoms with Crippen LogP contribution in [0.1, 0.15) is 27.4 Å². The number of hydrogen-bond donors (Lipinski definition) is 3. The van der Waals surface area contributed by atoms with Gasteiger partial charge in [-0.2, -0.15) is 0 Å². The van der Waals surface area contributed by atoms with Crippen LogP contribution in [0.2, 0.25) is 0 Å². The minimum absolute atomic E-state index is 0.168. The third-order valence-electron chi connectivity index (χ3n) is 4.70. The van der Waals surface area contributed by atoms with Gasteiger partial charge in [0.05, 0.1) is 11.5 Å². The number of aryl methyl sites for hydroxylation is 1. The fourth-order valence-corrected chi connectivity index (χ4v) is 3.46. The summed E-state index contributed by atoms with van der Waals surface area (Å²) >= 11 is 0. The Morgan fingerprint density at radius 1 is 1.19 bits per heavy atom. The molecule has 0 saturated carbocycles. The fourth-order valence-electron chi connectivity index (χ4n) is 3.46. The van der Waals surface area contributed by atoms with E-state index < -0.39 is 18.1 Å². The first-order chi connectivity index (χ1) is 12.5. The van der Waals surface area contributed by atoms with Crippen LogP contribution in [-0.4, -0.2) is 33.8 Å². The number of aromatic carboxylic acids is 1. The molecule has 0 saturated heterocycles. The second-order valence-corrected chi connectivity index (χ2v) is 6.31. The van der Waals surface area contributed by atoms with Crippen LogP contribution in [0.15, 0.2) is 42.6 Å². The van der Waals surface area contributed by atoms with Gasteiger partial charge >= 0.3 is 5.97 Å². The van der Waals surface area contributed by atoms with Crippen molar-refractivity contribution in [2.24, 2.45) is 12.8 Å². The highest BCUT2D eigenvalue weighted by molar-refractivity contribution is 5.95. The Morgan fingerprint density at radius 2 is 1.96 bits per heavy atom. The lowest BCUT2D eigenvalue weighted by Gasteiger charge is -2.20. The molecule has 1 aromatic heterocycles. The molecule has 2 unspecified atom stereocenters. The summed E-state index contributed by atoms with van der Waals surface area (Å²) in [6, 6.07) is 10.4. The van der Waals surface area contributed by atoms with Gasteiger partial charge in [0, 0.05) is 24.1 Å². The van der Waals surface area contributed by atoms with E-state index >= 15 is 0 Å². The molecule has 0 radical (unpaired) electrons. The molecule has 1 aliphatic heterocycles. The Bertz CT molecular complexity index is 1010. The molecule has 4 N–H and O–H groups in total. The third-order valence-corrected chi connectivity index (χ3v) is 4.70. The van der Waals surface area contributed by atoms with Gasteiger partial charge in [-0.15, -0.1) is 0 Å². The largest absolute Gasteiger partial charge is 0.478 e. The van der Waals surface area contributed by atoms with Crippen molar-refractivity contribution in [2.45, 2.75) is 12.1 Å². The summed E-state index contributed by atoms with van der Waals surface area (Å²) < 4.78 is 12.6. The zero-order valence-corrected chi connectivity index (χ0v) is 14.0. The van der Waals surface area contributed by atoms with Crippen LogP contribution in [0, 0.1) is 0 Å². The Hall–Kier alpha value is -3.03. The molecule has 0 fully saturated rings. The molecule has 3 aromatic rings. The first kappa shape index (κ1) is 16.4. The normalized spacial score (nSPS) is 15.2. The summed E-state index contributed by atoms with van der Waals surface area (Å²) in [6.45, 7) is 0.168. The first-order valence-corrected chi connectivity index (χ1v) is 8.11. The predicted octanol–water partition coefficient (Wildman–Crippen LogP) is 2.01. The van der Waals surface area contributed by atoms with E-state index in [2.05, 4.69) is 0 Å². The van der Waals surface area contributed by atoms with Crippen molar-refractivity contribution >= 4 is 16.9 Å². The molecule has 0 spiro atoms. The topological polar surface area (TPSA) is 107 Å². The summed E-state index contributed by atoms with van der Waals surface area (Å²) in [5.41, 5.74) is 8.47. The van der Waals surface area contributed by atoms with Crippen LogP contribution in [0.3, 0.4) is 0 Å². The van der Waals surface area contributed by atoms with Gasteiger partial charge in [0.2, 0.25) is 6.79 Å². The van der Waals surface area contributed by atoms with Crippen LogP contribution < -0.4 is 15.2 Å². The van der Waals surface area contributed by atoms with E-state index in [-0.39, 0.29) is 12.4 Å². The lowest BCUT2D eigenvalue weighted by Crippen LogP contribution is -2.28. The second-order valence-electron chi connectivity index (χ2n) is 6.31. The number of nitrogens with zero attached hydrogens (tertiary/aromatic N) is 1. The van der Waals surface area contributed by atoms with Gasteiger partial charge in [-0.1, -0.05) is 12.1 Å². The number of aromatic nitrogens is 1. The molecular weight excluding hydrogens is 336 g/mol. The van der Waals surface area contributed by atoms with Crippen molar-refractivity contribution in [3.05, 3.63) is 59.3 Å². The minimum Gasteiger partial charge on any atom is -0.478 e. The van der Waals surface area contributed by atoms with Crippen molar-refractivity contribution in [3.8, 4) is 11.5 Å². The van der Waals surface area contributed by atoms with Gasteiger partial charge in [0.15, 0.2) is 11.5 Å². The van der Waals surface area contributed by atoms with E-state index in [1.807, 2.05) is 29.9 Å². The van der Waals surface area contributed by atoms with Crippen molar-refractivity contribution < 1.29 is 24.5 Å². The summed E-state index contributed by atoms with van der Waals surface area (Å²) in [4.78, 5) is 11.2. The standard InChI is InChI=1S/C19H18N2O5/c1-21-8-13(12-4-2-11(19(23)24)6-14(12)21)17(18(20)22)10-3-5-15-16(7-10)26-9-25-15/h2-8,17-18,22H,9,20H2,1H3,(H,23,24). The van der Waals surface area contributed by atoms with E-state index in [0.717, 1.165) is 22.0 Å². The molecule has 2 heterocycles. The summed E-state index contributed by atoms with van der Waals surface area (Å²) in [5.74, 6) is -0.214. The van der Waals surface area contributed by atoms with E-state index in [9.17, 15) is 15.0 Å². The highest BCUT2D eigenvalue weighted by atomic mass is 16.7. The Labute approximate surface area is 149 Å². The number of benzene rings is 2. The summed E-state index contributed by atoms with van der Waals surface area (Å²) in [7, 11) is 1.83. The summed E-state index contributed by atoms with van der Waals surface area (Å²) in [6.07, 6.45) is 0.724. The lowest BCUT2D eigenvalue weighted by molar-refractivity contribution is 0.0697. The highest BCUT2D eigenvalue weighted by Crippen LogP contribution is 2.39. The van der Waals surface area contributed by atoms with E-state index in [0.29, 0.717) is 11.5 Å². The van der Waals surface area contributed by atoms with E-state index in [1.54, 1.807) is 24.3 Å². The maximum atomic E-state index is 11.2. The van der Waals surface area contributed by atoms with E-state index in [4.69, 9.17) is 15.2 Å². The smallest absolute Gasteiger partial charge is 0.335 e. The molecule has 2 atom stereocenters. The van der Waals surface area contributed by atoms with Gasteiger partial charge in [-0.25, -0.2) is 4.79 Å². The average Bonchev–Trinajstić information content (AvgIpc) is 3.19. The zero-order valence-electron chi connectivity index (χ0n) is 14.0. The Kier molecular flexibility index (Phi) is 3.82. The maximum Gasteiger partial charge on any atom is 0.335 e. The zero-order chi connectivity index (χ0) is 18.4. The number of hydrogen-bond acceptors (Lipinski definition) is 5. The number of carboxylic acid groups (broad SMARTS) is 1. The first-order valence-electron chi connectivity index (χ1n) is 8.11. The third kappa shape index (κ3) is 2.58. The number of aliphatic hydroxyl groups is 1. The minimum atomic E-state index is -1.14. The number of ether oxygens (including phenoxy) is 2. The molecule has 0 amide bonds. The number of carbonyl (C=O) groups is 1. The van der Waals surface area contributed by atoms with Gasteiger partial charge < -0.3 is 30.0 Å². The molecule has 0 aliphatic carbocycles. The average molecular weight is 354 g/mol. The van der Waals surface area contributed by atoms with Crippen molar-refractivity contribution in [1.29, 1.82) is 0 Å². The molecule has 7 heteroatoms. The molecular formula is C19H18N2O5. The van der Waals surface area contributed by atoms with Crippen LogP contribution >= 0.6 is 0 Å². The van der Waals surface area contributed by atoms with Crippen molar-refractivity contribution in [2.75, 3.05) is 6.79 Å². The predicted molar refractivity (Wildman–Crippen MR) is 94.5 cm³/mol. The molecule has 1 aliphatic rings.